The first-order chi connectivity index (χ1) is 13.7. The largest absolute Gasteiger partial charge is 0.496 e. The molecule has 1 aliphatic heterocycles. The van der Waals surface area contributed by atoms with Crippen molar-refractivity contribution in [3.63, 3.8) is 0 Å². The average molecular weight is 516 g/mol. The smallest absolute Gasteiger partial charge is 0.191 e. The fourth-order valence-electron chi connectivity index (χ4n) is 4.50. The summed E-state index contributed by atoms with van der Waals surface area (Å²) in [5.74, 6) is 1.76. The van der Waals surface area contributed by atoms with Gasteiger partial charge in [0.15, 0.2) is 5.96 Å². The second-order valence-corrected chi connectivity index (χ2v) is 7.98. The van der Waals surface area contributed by atoms with Crippen molar-refractivity contribution in [3.8, 4) is 5.75 Å². The number of hydrogen-bond acceptors (Lipinski definition) is 4. The molecule has 1 aromatic rings. The number of morpholine rings is 1. The van der Waals surface area contributed by atoms with Crippen LogP contribution in [-0.2, 0) is 11.3 Å². The molecular formula is C22H37IN4O2. The molecule has 1 heterocycles. The first-order valence-electron chi connectivity index (χ1n) is 10.6. The van der Waals surface area contributed by atoms with Gasteiger partial charge in [0, 0.05) is 44.3 Å². The van der Waals surface area contributed by atoms with Crippen molar-refractivity contribution in [2.45, 2.75) is 51.1 Å². The van der Waals surface area contributed by atoms with Crippen molar-refractivity contribution in [1.29, 1.82) is 0 Å². The molecule has 2 aliphatic rings. The minimum Gasteiger partial charge on any atom is -0.496 e. The Hall–Kier alpha value is -1.06. The molecule has 0 aromatic heterocycles. The van der Waals surface area contributed by atoms with Gasteiger partial charge in [0.25, 0.3) is 0 Å². The van der Waals surface area contributed by atoms with Crippen molar-refractivity contribution in [3.05, 3.63) is 29.3 Å². The zero-order valence-electron chi connectivity index (χ0n) is 18.1. The predicted molar refractivity (Wildman–Crippen MR) is 130 cm³/mol. The van der Waals surface area contributed by atoms with E-state index >= 15 is 0 Å². The normalized spacial score (nSPS) is 19.9. The van der Waals surface area contributed by atoms with Gasteiger partial charge in [-0.1, -0.05) is 31.4 Å². The molecule has 7 heteroatoms. The minimum atomic E-state index is 0. The number of nitrogens with one attached hydrogen (secondary N) is 2. The van der Waals surface area contributed by atoms with Crippen LogP contribution in [0.25, 0.3) is 0 Å². The molecule has 1 aliphatic carbocycles. The zero-order valence-corrected chi connectivity index (χ0v) is 20.5. The molecule has 0 unspecified atom stereocenters. The van der Waals surface area contributed by atoms with Crippen LogP contribution < -0.4 is 15.4 Å². The summed E-state index contributed by atoms with van der Waals surface area (Å²) in [7, 11) is 3.56. The van der Waals surface area contributed by atoms with E-state index in [4.69, 9.17) is 9.47 Å². The number of nitrogens with zero attached hydrogens (tertiary/aromatic N) is 2. The molecule has 1 aromatic carbocycles. The van der Waals surface area contributed by atoms with E-state index in [2.05, 4.69) is 45.6 Å². The summed E-state index contributed by atoms with van der Waals surface area (Å²) in [6, 6.07) is 6.30. The third kappa shape index (κ3) is 6.46. The average Bonchev–Trinajstić information content (AvgIpc) is 2.75. The van der Waals surface area contributed by atoms with E-state index in [-0.39, 0.29) is 29.5 Å². The third-order valence-corrected chi connectivity index (χ3v) is 6.16. The van der Waals surface area contributed by atoms with Gasteiger partial charge in [-0.25, -0.2) is 0 Å². The minimum absolute atomic E-state index is 0. The molecule has 3 rings (SSSR count). The Morgan fingerprint density at radius 3 is 2.55 bits per heavy atom. The lowest BCUT2D eigenvalue weighted by Crippen LogP contribution is -2.60. The Bertz CT molecular complexity index is 656. The second kappa shape index (κ2) is 12.0. The number of aliphatic imine (C=N–C) groups is 1. The molecule has 2 fully saturated rings. The number of rotatable bonds is 6. The van der Waals surface area contributed by atoms with Crippen molar-refractivity contribution in [2.75, 3.05) is 47.0 Å². The number of aryl methyl sites for hydroxylation is 1. The molecule has 1 saturated heterocycles. The number of benzene rings is 1. The van der Waals surface area contributed by atoms with E-state index in [1.807, 2.05) is 7.05 Å². The SMILES string of the molecule is CN=C(NCc1ccc(C)cc1OC)NCC1(N2CCOCC2)CCCCC1.I. The number of methoxy groups -OCH3 is 1. The van der Waals surface area contributed by atoms with Gasteiger partial charge in [0.1, 0.15) is 5.75 Å². The Morgan fingerprint density at radius 2 is 1.90 bits per heavy atom. The molecule has 0 bridgehead atoms. The summed E-state index contributed by atoms with van der Waals surface area (Å²) >= 11 is 0. The molecular weight excluding hydrogens is 479 g/mol. The molecule has 2 N–H and O–H groups in total. The first-order valence-corrected chi connectivity index (χ1v) is 10.6. The van der Waals surface area contributed by atoms with Gasteiger partial charge in [-0.05, 0) is 31.4 Å². The van der Waals surface area contributed by atoms with E-state index in [9.17, 15) is 0 Å². The van der Waals surface area contributed by atoms with Crippen LogP contribution in [0.3, 0.4) is 0 Å². The monoisotopic (exact) mass is 516 g/mol. The van der Waals surface area contributed by atoms with E-state index < -0.39 is 0 Å². The number of halogens is 1. The molecule has 1 saturated carbocycles. The summed E-state index contributed by atoms with van der Waals surface area (Å²) in [5.41, 5.74) is 2.56. The van der Waals surface area contributed by atoms with Gasteiger partial charge in [-0.3, -0.25) is 9.89 Å². The lowest BCUT2D eigenvalue weighted by atomic mass is 9.80. The summed E-state index contributed by atoms with van der Waals surface area (Å²) < 4.78 is 11.1. The van der Waals surface area contributed by atoms with Gasteiger partial charge in [0.05, 0.1) is 20.3 Å². The molecule has 6 nitrogen and oxygen atoms in total. The summed E-state index contributed by atoms with van der Waals surface area (Å²) in [6.07, 6.45) is 6.48. The predicted octanol–water partition coefficient (Wildman–Crippen LogP) is 3.32. The maximum absolute atomic E-state index is 5.59. The van der Waals surface area contributed by atoms with Crippen LogP contribution >= 0.6 is 24.0 Å². The fraction of sp³-hybridized carbons (Fsp3) is 0.682. The van der Waals surface area contributed by atoms with Gasteiger partial charge >= 0.3 is 0 Å². The summed E-state index contributed by atoms with van der Waals surface area (Å²) in [6.45, 7) is 7.47. The highest BCUT2D eigenvalue weighted by Gasteiger charge is 2.38. The molecule has 0 amide bonds. The second-order valence-electron chi connectivity index (χ2n) is 7.98. The summed E-state index contributed by atoms with van der Waals surface area (Å²) in [4.78, 5) is 7.10. The molecule has 0 atom stereocenters. The summed E-state index contributed by atoms with van der Waals surface area (Å²) in [5, 5.41) is 7.07. The number of ether oxygens (including phenoxy) is 2. The highest BCUT2D eigenvalue weighted by Crippen LogP contribution is 2.33. The Balaban J connectivity index is 0.00000300. The highest BCUT2D eigenvalue weighted by atomic mass is 127. The van der Waals surface area contributed by atoms with Crippen molar-refractivity contribution in [2.24, 2.45) is 4.99 Å². The number of guanidine groups is 1. The Morgan fingerprint density at radius 1 is 1.17 bits per heavy atom. The van der Waals surface area contributed by atoms with Gasteiger partial charge in [-0.2, -0.15) is 0 Å². The van der Waals surface area contributed by atoms with Crippen LogP contribution in [0.2, 0.25) is 0 Å². The van der Waals surface area contributed by atoms with Crippen LogP contribution in [-0.4, -0.2) is 63.4 Å². The quantitative estimate of drug-likeness (QED) is 0.345. The van der Waals surface area contributed by atoms with Crippen LogP contribution in [0.4, 0.5) is 0 Å². The first kappa shape index (κ1) is 24.2. The van der Waals surface area contributed by atoms with E-state index in [0.717, 1.165) is 50.1 Å². The molecule has 0 spiro atoms. The lowest BCUT2D eigenvalue weighted by Gasteiger charge is -2.48. The van der Waals surface area contributed by atoms with E-state index in [1.165, 1.54) is 37.7 Å². The van der Waals surface area contributed by atoms with Gasteiger partial charge in [0.2, 0.25) is 0 Å². The van der Waals surface area contributed by atoms with Crippen LogP contribution in [0.5, 0.6) is 5.75 Å². The highest BCUT2D eigenvalue weighted by molar-refractivity contribution is 14.0. The molecule has 29 heavy (non-hydrogen) atoms. The third-order valence-electron chi connectivity index (χ3n) is 6.16. The Kier molecular flexibility index (Phi) is 9.98. The van der Waals surface area contributed by atoms with E-state index in [0.29, 0.717) is 6.54 Å². The van der Waals surface area contributed by atoms with Gasteiger partial charge < -0.3 is 20.1 Å². The van der Waals surface area contributed by atoms with Gasteiger partial charge in [-0.15, -0.1) is 24.0 Å². The van der Waals surface area contributed by atoms with Crippen molar-refractivity contribution in [1.82, 2.24) is 15.5 Å². The van der Waals surface area contributed by atoms with Crippen molar-refractivity contribution >= 4 is 29.9 Å². The fourth-order valence-corrected chi connectivity index (χ4v) is 4.50. The molecule has 164 valence electrons. The molecule has 0 radical (unpaired) electrons. The van der Waals surface area contributed by atoms with Crippen LogP contribution in [0, 0.1) is 6.92 Å². The maximum Gasteiger partial charge on any atom is 0.191 e. The van der Waals surface area contributed by atoms with E-state index in [1.54, 1.807) is 7.11 Å². The number of hydrogen-bond donors (Lipinski definition) is 2. The van der Waals surface area contributed by atoms with Crippen LogP contribution in [0.15, 0.2) is 23.2 Å². The Labute approximate surface area is 192 Å². The maximum atomic E-state index is 5.59. The van der Waals surface area contributed by atoms with Crippen molar-refractivity contribution < 1.29 is 9.47 Å². The zero-order chi connectivity index (χ0) is 19.8. The lowest BCUT2D eigenvalue weighted by molar-refractivity contribution is -0.0352. The topological polar surface area (TPSA) is 58.1 Å². The van der Waals surface area contributed by atoms with Crippen LogP contribution in [0.1, 0.15) is 43.2 Å². The standard InChI is InChI=1S/C22H36N4O2.HI/c1-18-7-8-19(20(15-18)27-3)16-24-21(23-2)25-17-22(9-5-4-6-10-22)26-11-13-28-14-12-26;/h7-8,15H,4-6,9-14,16-17H2,1-3H3,(H2,23,24,25);1H.